The molecule has 182 valence electrons. The van der Waals surface area contributed by atoms with Crippen molar-refractivity contribution in [3.05, 3.63) is 59.7 Å². The first-order chi connectivity index (χ1) is 15.8. The molecule has 1 saturated carbocycles. The molecule has 34 heavy (non-hydrogen) atoms. The van der Waals surface area contributed by atoms with Gasteiger partial charge >= 0.3 is 10.0 Å². The molecule has 1 spiro atoms. The molecule has 0 unspecified atom stereocenters. The Bertz CT molecular complexity index is 1270. The number of nitrogens with zero attached hydrogens (tertiary/aromatic N) is 2. The van der Waals surface area contributed by atoms with Gasteiger partial charge in [0.15, 0.2) is 6.04 Å². The maximum atomic E-state index is 15.7. The quantitative estimate of drug-likeness (QED) is 0.498. The lowest BCUT2D eigenvalue weighted by Gasteiger charge is -2.30. The van der Waals surface area contributed by atoms with E-state index in [2.05, 4.69) is 6.72 Å². The van der Waals surface area contributed by atoms with E-state index in [4.69, 9.17) is 0 Å². The number of carbonyl (C=O) groups is 1. The smallest absolute Gasteiger partial charge is 0.361 e. The second kappa shape index (κ2) is 8.23. The lowest BCUT2D eigenvalue weighted by atomic mass is 9.91. The van der Waals surface area contributed by atoms with Crippen molar-refractivity contribution >= 4 is 22.6 Å². The molecule has 2 aromatic carbocycles. The minimum Gasteiger partial charge on any atom is -0.381 e. The van der Waals surface area contributed by atoms with Crippen molar-refractivity contribution in [2.75, 3.05) is 12.8 Å². The van der Waals surface area contributed by atoms with Crippen molar-refractivity contribution in [1.82, 2.24) is 4.90 Å². The van der Waals surface area contributed by atoms with Crippen LogP contribution in [0.2, 0.25) is 0 Å². The zero-order valence-corrected chi connectivity index (χ0v) is 20.3. The minimum atomic E-state index is -3.72. The van der Waals surface area contributed by atoms with Gasteiger partial charge < -0.3 is 10.0 Å². The topological polar surface area (TPSA) is 77.7 Å². The molecular weight excluding hydrogens is 462 g/mol. The summed E-state index contributed by atoms with van der Waals surface area (Å²) in [6.07, 6.45) is 2.43. The van der Waals surface area contributed by atoms with Crippen LogP contribution in [0.25, 0.3) is 11.1 Å². The summed E-state index contributed by atoms with van der Waals surface area (Å²) in [5.74, 6) is -1.75. The predicted octanol–water partition coefficient (Wildman–Crippen LogP) is 2.98. The molecular formula is C25H29F2N2O4S+. The van der Waals surface area contributed by atoms with Gasteiger partial charge in [0.2, 0.25) is 0 Å². The van der Waals surface area contributed by atoms with E-state index in [1.807, 2.05) is 0 Å². The molecule has 9 heteroatoms. The third-order valence-electron chi connectivity index (χ3n) is 6.96. The van der Waals surface area contributed by atoms with Crippen molar-refractivity contribution in [1.29, 1.82) is 0 Å². The van der Waals surface area contributed by atoms with Gasteiger partial charge in [-0.25, -0.2) is 8.78 Å². The molecule has 0 radical (unpaired) electrons. The second-order valence-electron chi connectivity index (χ2n) is 9.98. The molecule has 6 nitrogen and oxygen atoms in total. The first-order valence-corrected chi connectivity index (χ1v) is 13.0. The van der Waals surface area contributed by atoms with E-state index >= 15 is 4.39 Å². The minimum absolute atomic E-state index is 0.0100. The molecule has 1 aliphatic carbocycles. The number of rotatable bonds is 6. The zero-order chi connectivity index (χ0) is 25.1. The number of carbonyl (C=O) groups excluding carboxylic acids is 1. The van der Waals surface area contributed by atoms with Crippen molar-refractivity contribution in [3.8, 4) is 11.1 Å². The summed E-state index contributed by atoms with van der Waals surface area (Å²) in [5, 5.41) is 10.4. The van der Waals surface area contributed by atoms with Crippen LogP contribution >= 0.6 is 0 Å². The van der Waals surface area contributed by atoms with E-state index in [1.165, 1.54) is 43.0 Å². The Morgan fingerprint density at radius 2 is 1.79 bits per heavy atom. The molecule has 2 aromatic rings. The van der Waals surface area contributed by atoms with Gasteiger partial charge in [-0.2, -0.15) is 8.42 Å². The molecule has 0 bridgehead atoms. The number of aliphatic hydroxyl groups is 1. The highest BCUT2D eigenvalue weighted by atomic mass is 32.2. The summed E-state index contributed by atoms with van der Waals surface area (Å²) in [7, 11) is -3.72. The highest BCUT2D eigenvalue weighted by molar-refractivity contribution is 7.84. The number of amides is 1. The molecule has 1 saturated heterocycles. The lowest BCUT2D eigenvalue weighted by molar-refractivity contribution is -0.422. The van der Waals surface area contributed by atoms with Crippen molar-refractivity contribution in [3.63, 3.8) is 0 Å². The molecule has 1 amide bonds. The fourth-order valence-corrected chi connectivity index (χ4v) is 5.87. The second-order valence-corrected chi connectivity index (χ2v) is 11.9. The molecule has 1 aliphatic heterocycles. The SMILES string of the molecule is C=[N+]([C@@H]1[C@H](Cc2cccc(-c3ccccc3F)c2F)N(C(=O)C(C)(C)O)CC12CC2)S(C)(=O)=O. The molecule has 1 N–H and O–H groups in total. The van der Waals surface area contributed by atoms with Crippen molar-refractivity contribution in [2.24, 2.45) is 5.41 Å². The largest absolute Gasteiger partial charge is 0.381 e. The first kappa shape index (κ1) is 24.5. The standard InChI is InChI=1S/C25H29F2N2O4S/c1-24(2,31)23(30)29-15-25(12-13-25)22(28(3)34(4,32)33)20(29)14-16-8-7-10-18(21(16)27)17-9-5-6-11-19(17)26/h5-11,20,22,31H,3,12-15H2,1-2,4H3/q+1/t20-,22+/m0/s1. The number of benzene rings is 2. The number of sulfonamides is 1. The van der Waals surface area contributed by atoms with Gasteiger partial charge in [-0.15, -0.1) is 3.98 Å². The third kappa shape index (κ3) is 4.27. The molecule has 2 fully saturated rings. The summed E-state index contributed by atoms with van der Waals surface area (Å²) < 4.78 is 55.9. The summed E-state index contributed by atoms with van der Waals surface area (Å²) in [4.78, 5) is 14.6. The Balaban J connectivity index is 1.80. The van der Waals surface area contributed by atoms with Gasteiger partial charge in [-0.1, -0.05) is 36.4 Å². The summed E-state index contributed by atoms with van der Waals surface area (Å²) >= 11 is 0. The first-order valence-electron chi connectivity index (χ1n) is 11.1. The molecule has 4 rings (SSSR count). The number of hydrogen-bond donors (Lipinski definition) is 1. The Morgan fingerprint density at radius 1 is 1.18 bits per heavy atom. The maximum Gasteiger partial charge on any atom is 0.361 e. The highest BCUT2D eigenvalue weighted by Crippen LogP contribution is 2.57. The number of hydrogen-bond acceptors (Lipinski definition) is 4. The monoisotopic (exact) mass is 491 g/mol. The van der Waals surface area contributed by atoms with Gasteiger partial charge in [-0.05, 0) is 38.3 Å². The molecule has 2 aliphatic rings. The van der Waals surface area contributed by atoms with Crippen molar-refractivity contribution in [2.45, 2.75) is 50.8 Å². The van der Waals surface area contributed by atoms with Crippen LogP contribution in [0.15, 0.2) is 42.5 Å². The lowest BCUT2D eigenvalue weighted by Crippen LogP contribution is -2.52. The van der Waals surface area contributed by atoms with Crippen LogP contribution in [0.1, 0.15) is 32.3 Å². The van der Waals surface area contributed by atoms with Gasteiger partial charge in [-0.3, -0.25) is 4.79 Å². The summed E-state index contributed by atoms with van der Waals surface area (Å²) in [6.45, 7) is 6.77. The van der Waals surface area contributed by atoms with E-state index in [1.54, 1.807) is 18.2 Å². The Hall–Kier alpha value is -2.65. The Labute approximate surface area is 198 Å². The van der Waals surface area contributed by atoms with E-state index in [-0.39, 0.29) is 29.7 Å². The summed E-state index contributed by atoms with van der Waals surface area (Å²) in [6, 6.07) is 9.09. The van der Waals surface area contributed by atoms with E-state index in [0.717, 1.165) is 10.2 Å². The van der Waals surface area contributed by atoms with E-state index in [9.17, 15) is 22.7 Å². The van der Waals surface area contributed by atoms with Crippen LogP contribution in [0, 0.1) is 17.0 Å². The van der Waals surface area contributed by atoms with Gasteiger partial charge in [0.1, 0.15) is 24.0 Å². The number of likely N-dealkylation sites (tertiary alicyclic amines) is 1. The molecule has 0 aromatic heterocycles. The maximum absolute atomic E-state index is 15.7. The fraction of sp³-hybridized carbons (Fsp3) is 0.440. The molecule has 2 atom stereocenters. The fourth-order valence-electron chi connectivity index (χ4n) is 5.09. The van der Waals surface area contributed by atoms with Crippen LogP contribution in [-0.2, 0) is 21.2 Å². The average Bonchev–Trinajstić information content (AvgIpc) is 3.44. The van der Waals surface area contributed by atoms with Crippen LogP contribution in [0.4, 0.5) is 8.78 Å². The van der Waals surface area contributed by atoms with E-state index in [0.29, 0.717) is 12.8 Å². The summed E-state index contributed by atoms with van der Waals surface area (Å²) in [5.41, 5.74) is -1.75. The van der Waals surface area contributed by atoms with Crippen LogP contribution in [-0.4, -0.2) is 65.5 Å². The predicted molar refractivity (Wildman–Crippen MR) is 125 cm³/mol. The van der Waals surface area contributed by atoms with Gasteiger partial charge in [0.05, 0.1) is 17.7 Å². The zero-order valence-electron chi connectivity index (χ0n) is 19.5. The van der Waals surface area contributed by atoms with Gasteiger partial charge in [0.25, 0.3) is 5.91 Å². The van der Waals surface area contributed by atoms with Gasteiger partial charge in [0, 0.05) is 24.1 Å². The normalized spacial score (nSPS) is 21.6. The Morgan fingerprint density at radius 3 is 2.35 bits per heavy atom. The van der Waals surface area contributed by atoms with Crippen LogP contribution in [0.5, 0.6) is 0 Å². The Kier molecular flexibility index (Phi) is 5.93. The molecule has 1 heterocycles. The van der Waals surface area contributed by atoms with E-state index < -0.39 is 50.7 Å². The average molecular weight is 492 g/mol. The van der Waals surface area contributed by atoms with Crippen molar-refractivity contribution < 1.29 is 31.1 Å². The highest BCUT2D eigenvalue weighted by Gasteiger charge is 2.67. The van der Waals surface area contributed by atoms with Crippen LogP contribution in [0.3, 0.4) is 0 Å². The van der Waals surface area contributed by atoms with Crippen LogP contribution < -0.4 is 0 Å². The third-order valence-corrected chi connectivity index (χ3v) is 8.04. The number of halogens is 2.